The predicted octanol–water partition coefficient (Wildman–Crippen LogP) is 2.58. The van der Waals surface area contributed by atoms with Crippen molar-refractivity contribution >= 4 is 42.1 Å². The first-order chi connectivity index (χ1) is 8.98. The van der Waals surface area contributed by atoms with Gasteiger partial charge in [0, 0.05) is 11.4 Å². The summed E-state index contributed by atoms with van der Waals surface area (Å²) in [5.74, 6) is -0.0896. The van der Waals surface area contributed by atoms with Gasteiger partial charge in [-0.05, 0) is 51.2 Å². The summed E-state index contributed by atoms with van der Waals surface area (Å²) in [7, 11) is 0. The summed E-state index contributed by atoms with van der Waals surface area (Å²) in [5.41, 5.74) is 5.00. The van der Waals surface area contributed by atoms with Gasteiger partial charge in [0.15, 0.2) is 0 Å². The molecule has 1 atom stereocenters. The van der Waals surface area contributed by atoms with Crippen molar-refractivity contribution in [2.75, 3.05) is 19.6 Å². The molecular weight excluding hydrogens is 329 g/mol. The van der Waals surface area contributed by atoms with Crippen LogP contribution in [0.5, 0.6) is 0 Å². The van der Waals surface area contributed by atoms with E-state index < -0.39 is 5.54 Å². The van der Waals surface area contributed by atoms with Crippen LogP contribution < -0.4 is 11.1 Å². The molecule has 0 aromatic carbocycles. The summed E-state index contributed by atoms with van der Waals surface area (Å²) in [6, 6.07) is 4.50. The summed E-state index contributed by atoms with van der Waals surface area (Å²) in [5, 5.41) is 5.08. The summed E-state index contributed by atoms with van der Waals surface area (Å²) < 4.78 is 0. The van der Waals surface area contributed by atoms with E-state index in [4.69, 9.17) is 5.73 Å². The number of carbonyl (C=O) groups excluding carboxylic acids is 1. The summed E-state index contributed by atoms with van der Waals surface area (Å²) in [6.45, 7) is 6.34. The van der Waals surface area contributed by atoms with Crippen molar-refractivity contribution in [1.82, 2.24) is 10.2 Å². The van der Waals surface area contributed by atoms with Crippen molar-refractivity contribution in [3.8, 4) is 0 Å². The molecule has 2 rings (SSSR count). The van der Waals surface area contributed by atoms with E-state index in [2.05, 4.69) is 27.7 Å². The maximum Gasteiger partial charge on any atom is 0.239 e. The average molecular weight is 354 g/mol. The summed E-state index contributed by atoms with van der Waals surface area (Å²) in [4.78, 5) is 15.7. The number of hydrogen-bond donors (Lipinski definition) is 2. The standard InChI is InChI=1S/C14H23N3OS.2ClH/c1-14(2,15)13(18)16-10-11(12-6-5-9-19-12)17-7-3-4-8-17;;/h5-6,9,11H,3-4,7-8,10,15H2,1-2H3,(H,16,18);2*1H. The normalized spacial score (nSPS) is 16.7. The SMILES string of the molecule is CC(C)(N)C(=O)NCC(c1cccs1)N1CCCC1.Cl.Cl. The Hall–Kier alpha value is -0.330. The van der Waals surface area contributed by atoms with Crippen LogP contribution in [-0.4, -0.2) is 36.0 Å². The van der Waals surface area contributed by atoms with E-state index in [1.807, 2.05) is 0 Å². The average Bonchev–Trinajstić information content (AvgIpc) is 3.00. The minimum Gasteiger partial charge on any atom is -0.353 e. The molecule has 3 N–H and O–H groups in total. The topological polar surface area (TPSA) is 58.4 Å². The molecule has 0 radical (unpaired) electrons. The number of likely N-dealkylation sites (tertiary alicyclic amines) is 1. The van der Waals surface area contributed by atoms with Gasteiger partial charge in [-0.3, -0.25) is 9.69 Å². The Labute approximate surface area is 143 Å². The van der Waals surface area contributed by atoms with Crippen molar-refractivity contribution in [1.29, 1.82) is 0 Å². The predicted molar refractivity (Wildman–Crippen MR) is 93.6 cm³/mol. The quantitative estimate of drug-likeness (QED) is 0.855. The van der Waals surface area contributed by atoms with Crippen LogP contribution in [0.4, 0.5) is 0 Å². The number of hydrogen-bond acceptors (Lipinski definition) is 4. The minimum atomic E-state index is -0.814. The molecule has 1 aromatic heterocycles. The van der Waals surface area contributed by atoms with Gasteiger partial charge in [-0.1, -0.05) is 6.07 Å². The zero-order valence-corrected chi connectivity index (χ0v) is 15.0. The van der Waals surface area contributed by atoms with Gasteiger partial charge in [-0.25, -0.2) is 0 Å². The Morgan fingerprint density at radius 1 is 1.43 bits per heavy atom. The molecule has 122 valence electrons. The molecule has 4 nitrogen and oxygen atoms in total. The molecule has 0 bridgehead atoms. The van der Waals surface area contributed by atoms with Gasteiger partial charge in [0.25, 0.3) is 0 Å². The fourth-order valence-electron chi connectivity index (χ4n) is 2.36. The highest BCUT2D eigenvalue weighted by Gasteiger charge is 2.27. The third-order valence-electron chi connectivity index (χ3n) is 3.49. The van der Waals surface area contributed by atoms with Gasteiger partial charge in [0.05, 0.1) is 11.6 Å². The zero-order chi connectivity index (χ0) is 13.9. The second-order valence-corrected chi connectivity index (χ2v) is 6.69. The maximum absolute atomic E-state index is 11.9. The second kappa shape index (κ2) is 8.96. The van der Waals surface area contributed by atoms with E-state index in [0.717, 1.165) is 13.1 Å². The first kappa shape index (κ1) is 20.7. The van der Waals surface area contributed by atoms with Crippen LogP contribution in [-0.2, 0) is 4.79 Å². The highest BCUT2D eigenvalue weighted by Crippen LogP contribution is 2.27. The summed E-state index contributed by atoms with van der Waals surface area (Å²) >= 11 is 1.75. The summed E-state index contributed by atoms with van der Waals surface area (Å²) in [6.07, 6.45) is 2.50. The lowest BCUT2D eigenvalue weighted by Gasteiger charge is -2.28. The Kier molecular flexibility index (Phi) is 8.81. The molecule has 1 aliphatic heterocycles. The van der Waals surface area contributed by atoms with Gasteiger partial charge in [0.2, 0.25) is 5.91 Å². The van der Waals surface area contributed by atoms with Gasteiger partial charge in [-0.15, -0.1) is 36.2 Å². The smallest absolute Gasteiger partial charge is 0.239 e. The molecular formula is C14H25Cl2N3OS. The van der Waals surface area contributed by atoms with E-state index in [9.17, 15) is 4.79 Å². The van der Waals surface area contributed by atoms with Crippen LogP contribution >= 0.6 is 36.2 Å². The number of nitrogens with one attached hydrogen (secondary N) is 1. The number of carbonyl (C=O) groups is 1. The third kappa shape index (κ3) is 5.75. The molecule has 0 spiro atoms. The molecule has 0 aliphatic carbocycles. The molecule has 1 saturated heterocycles. The van der Waals surface area contributed by atoms with Gasteiger partial charge < -0.3 is 11.1 Å². The Morgan fingerprint density at radius 3 is 2.52 bits per heavy atom. The molecule has 2 heterocycles. The van der Waals surface area contributed by atoms with E-state index in [0.29, 0.717) is 6.54 Å². The lowest BCUT2D eigenvalue weighted by Crippen LogP contribution is -2.50. The molecule has 7 heteroatoms. The fourth-order valence-corrected chi connectivity index (χ4v) is 3.22. The fraction of sp³-hybridized carbons (Fsp3) is 0.643. The molecule has 0 saturated carbocycles. The second-order valence-electron chi connectivity index (χ2n) is 5.71. The van der Waals surface area contributed by atoms with E-state index >= 15 is 0 Å². The largest absolute Gasteiger partial charge is 0.353 e. The van der Waals surface area contributed by atoms with Crippen LogP contribution in [0, 0.1) is 0 Å². The van der Waals surface area contributed by atoms with Gasteiger partial charge in [0.1, 0.15) is 0 Å². The first-order valence-corrected chi connectivity index (χ1v) is 7.71. The van der Waals surface area contributed by atoms with Crippen LogP contribution in [0.2, 0.25) is 0 Å². The number of nitrogens with zero attached hydrogens (tertiary/aromatic N) is 1. The van der Waals surface area contributed by atoms with E-state index in [1.54, 1.807) is 25.2 Å². The number of amides is 1. The van der Waals surface area contributed by atoms with E-state index in [1.165, 1.54) is 17.7 Å². The lowest BCUT2D eigenvalue weighted by atomic mass is 10.1. The molecule has 1 aromatic rings. The molecule has 1 aliphatic rings. The van der Waals surface area contributed by atoms with Crippen molar-refractivity contribution < 1.29 is 4.79 Å². The lowest BCUT2D eigenvalue weighted by molar-refractivity contribution is -0.125. The van der Waals surface area contributed by atoms with Crippen LogP contribution in [0.1, 0.15) is 37.6 Å². The minimum absolute atomic E-state index is 0. The van der Waals surface area contributed by atoms with Gasteiger partial charge in [-0.2, -0.15) is 0 Å². The highest BCUT2D eigenvalue weighted by atomic mass is 35.5. The van der Waals surface area contributed by atoms with Crippen LogP contribution in [0.15, 0.2) is 17.5 Å². The monoisotopic (exact) mass is 353 g/mol. The number of nitrogens with two attached hydrogens (primary N) is 1. The van der Waals surface area contributed by atoms with Crippen molar-refractivity contribution in [2.24, 2.45) is 5.73 Å². The van der Waals surface area contributed by atoms with Crippen molar-refractivity contribution in [3.05, 3.63) is 22.4 Å². The number of thiophene rings is 1. The Balaban J connectivity index is 0.00000200. The molecule has 21 heavy (non-hydrogen) atoms. The van der Waals surface area contributed by atoms with Gasteiger partial charge >= 0.3 is 0 Å². The number of rotatable bonds is 5. The zero-order valence-electron chi connectivity index (χ0n) is 12.5. The Bertz CT molecular complexity index is 414. The molecule has 1 fully saturated rings. The Morgan fingerprint density at radius 2 is 2.05 bits per heavy atom. The number of halogens is 2. The molecule has 1 unspecified atom stereocenters. The maximum atomic E-state index is 11.9. The van der Waals surface area contributed by atoms with Crippen LogP contribution in [0.25, 0.3) is 0 Å². The van der Waals surface area contributed by atoms with E-state index in [-0.39, 0.29) is 36.8 Å². The first-order valence-electron chi connectivity index (χ1n) is 6.83. The van der Waals surface area contributed by atoms with Crippen molar-refractivity contribution in [2.45, 2.75) is 38.3 Å². The third-order valence-corrected chi connectivity index (χ3v) is 4.47. The van der Waals surface area contributed by atoms with Crippen LogP contribution in [0.3, 0.4) is 0 Å². The molecule has 1 amide bonds. The highest BCUT2D eigenvalue weighted by molar-refractivity contribution is 7.10. The van der Waals surface area contributed by atoms with Crippen molar-refractivity contribution in [3.63, 3.8) is 0 Å².